The first-order chi connectivity index (χ1) is 8.00. The lowest BCUT2D eigenvalue weighted by Gasteiger charge is -2.11. The lowest BCUT2D eigenvalue weighted by molar-refractivity contribution is -0.114. The number of nitrogens with one attached hydrogen (secondary N) is 2. The number of nitrogens with zero attached hydrogens (tertiary/aromatic N) is 1. The molecule has 0 fully saturated rings. The molecule has 88 valence electrons. The van der Waals surface area contributed by atoms with E-state index in [-0.39, 0.29) is 11.5 Å². The first kappa shape index (κ1) is 11.1. The van der Waals surface area contributed by atoms with Gasteiger partial charge in [-0.1, -0.05) is 0 Å². The molecule has 0 radical (unpaired) electrons. The van der Waals surface area contributed by atoms with Gasteiger partial charge in [0.25, 0.3) is 0 Å². The molecule has 0 aliphatic heterocycles. The number of hydrogen-bond donors (Lipinski definition) is 3. The van der Waals surface area contributed by atoms with E-state index >= 15 is 0 Å². The summed E-state index contributed by atoms with van der Waals surface area (Å²) in [6, 6.07) is 1.77. The highest BCUT2D eigenvalue weighted by Gasteiger charge is 2.19. The molecule has 1 amide bonds. The van der Waals surface area contributed by atoms with Gasteiger partial charge in [0, 0.05) is 12.3 Å². The molecule has 3 N–H and O–H groups in total. The van der Waals surface area contributed by atoms with Crippen LogP contribution in [0.2, 0.25) is 0 Å². The van der Waals surface area contributed by atoms with E-state index in [4.69, 9.17) is 0 Å². The van der Waals surface area contributed by atoms with Gasteiger partial charge in [0.2, 0.25) is 5.91 Å². The molecule has 0 saturated carbocycles. The Balaban J connectivity index is 2.78. The van der Waals surface area contributed by atoms with Crippen molar-refractivity contribution < 1.29 is 14.7 Å². The Bertz CT molecular complexity index is 616. The quantitative estimate of drug-likeness (QED) is 0.732. The molecule has 2 aromatic rings. The van der Waals surface area contributed by atoms with E-state index in [0.717, 1.165) is 0 Å². The first-order valence-corrected chi connectivity index (χ1v) is 4.98. The largest absolute Gasteiger partial charge is 0.478 e. The molecule has 1 aromatic heterocycles. The lowest BCUT2D eigenvalue weighted by Crippen LogP contribution is -2.12. The van der Waals surface area contributed by atoms with Crippen LogP contribution in [0.4, 0.5) is 5.69 Å². The highest BCUT2D eigenvalue weighted by atomic mass is 16.4. The van der Waals surface area contributed by atoms with Crippen LogP contribution in [0.15, 0.2) is 12.3 Å². The number of aromatic carboxylic acids is 1. The van der Waals surface area contributed by atoms with Crippen LogP contribution in [0.25, 0.3) is 10.9 Å². The Morgan fingerprint density at radius 2 is 2.18 bits per heavy atom. The summed E-state index contributed by atoms with van der Waals surface area (Å²) in [5.74, 6) is -1.42. The molecule has 0 bridgehead atoms. The third kappa shape index (κ3) is 1.84. The SMILES string of the molecule is CC(=O)Nc1c(C)cc2cn[nH]c2c1C(=O)O. The number of carboxylic acid groups (broad SMARTS) is 1. The fraction of sp³-hybridized carbons (Fsp3) is 0.182. The molecule has 2 rings (SSSR count). The summed E-state index contributed by atoms with van der Waals surface area (Å²) < 4.78 is 0. The predicted molar refractivity (Wildman–Crippen MR) is 62.1 cm³/mol. The van der Waals surface area contributed by atoms with Crippen LogP contribution in [-0.4, -0.2) is 27.2 Å². The number of carboxylic acids is 1. The summed E-state index contributed by atoms with van der Waals surface area (Å²) in [7, 11) is 0. The molecule has 1 heterocycles. The number of carbonyl (C=O) groups is 2. The third-order valence-electron chi connectivity index (χ3n) is 2.45. The lowest BCUT2D eigenvalue weighted by atomic mass is 10.0. The van der Waals surface area contributed by atoms with Gasteiger partial charge in [0.1, 0.15) is 5.56 Å². The van der Waals surface area contributed by atoms with Crippen LogP contribution in [0, 0.1) is 6.92 Å². The van der Waals surface area contributed by atoms with E-state index in [1.54, 1.807) is 19.2 Å². The molecule has 6 nitrogen and oxygen atoms in total. The predicted octanol–water partition coefficient (Wildman–Crippen LogP) is 1.53. The normalized spacial score (nSPS) is 10.5. The zero-order valence-corrected chi connectivity index (χ0v) is 9.37. The van der Waals surface area contributed by atoms with Crippen molar-refractivity contribution in [2.45, 2.75) is 13.8 Å². The maximum atomic E-state index is 11.3. The molecule has 0 spiro atoms. The second kappa shape index (κ2) is 3.89. The van der Waals surface area contributed by atoms with Gasteiger partial charge < -0.3 is 10.4 Å². The molecular weight excluding hydrogens is 222 g/mol. The Kier molecular flexibility index (Phi) is 2.55. The van der Waals surface area contributed by atoms with E-state index in [9.17, 15) is 14.7 Å². The maximum absolute atomic E-state index is 11.3. The third-order valence-corrected chi connectivity index (χ3v) is 2.45. The zero-order chi connectivity index (χ0) is 12.6. The van der Waals surface area contributed by atoms with E-state index in [1.807, 2.05) is 0 Å². The number of hydrogen-bond acceptors (Lipinski definition) is 3. The summed E-state index contributed by atoms with van der Waals surface area (Å²) in [6.45, 7) is 3.08. The van der Waals surface area contributed by atoms with Crippen LogP contribution in [0.3, 0.4) is 0 Å². The number of amides is 1. The summed E-state index contributed by atoms with van der Waals surface area (Å²) in [4.78, 5) is 22.4. The number of aromatic nitrogens is 2. The second-order valence-corrected chi connectivity index (χ2v) is 3.76. The number of fused-ring (bicyclic) bond motifs is 1. The number of carbonyl (C=O) groups excluding carboxylic acids is 1. The molecule has 6 heteroatoms. The van der Waals surface area contributed by atoms with Crippen LogP contribution >= 0.6 is 0 Å². The summed E-state index contributed by atoms with van der Waals surface area (Å²) in [5, 5.41) is 18.9. The average Bonchev–Trinajstić information content (AvgIpc) is 2.64. The Morgan fingerprint density at radius 3 is 2.76 bits per heavy atom. The molecule has 17 heavy (non-hydrogen) atoms. The van der Waals surface area contributed by atoms with E-state index < -0.39 is 5.97 Å². The monoisotopic (exact) mass is 233 g/mol. The van der Waals surface area contributed by atoms with Crippen molar-refractivity contribution in [2.24, 2.45) is 0 Å². The van der Waals surface area contributed by atoms with E-state index in [1.165, 1.54) is 6.92 Å². The fourth-order valence-electron chi connectivity index (χ4n) is 1.78. The van der Waals surface area contributed by atoms with Crippen molar-refractivity contribution in [3.05, 3.63) is 23.4 Å². The van der Waals surface area contributed by atoms with Crippen molar-refractivity contribution in [1.29, 1.82) is 0 Å². The average molecular weight is 233 g/mol. The van der Waals surface area contributed by atoms with Gasteiger partial charge in [-0.3, -0.25) is 9.89 Å². The van der Waals surface area contributed by atoms with Crippen LogP contribution in [0.5, 0.6) is 0 Å². The molecule has 0 unspecified atom stereocenters. The number of aromatic amines is 1. The topological polar surface area (TPSA) is 95.1 Å². The zero-order valence-electron chi connectivity index (χ0n) is 9.37. The molecule has 0 aliphatic rings. The van der Waals surface area contributed by atoms with Crippen molar-refractivity contribution in [3.63, 3.8) is 0 Å². The number of benzene rings is 1. The van der Waals surface area contributed by atoms with Gasteiger partial charge in [0.05, 0.1) is 17.4 Å². The molecule has 1 aromatic carbocycles. The van der Waals surface area contributed by atoms with Crippen molar-refractivity contribution in [3.8, 4) is 0 Å². The molecular formula is C11H11N3O3. The summed E-state index contributed by atoms with van der Waals surface area (Å²) in [5.41, 5.74) is 1.44. The summed E-state index contributed by atoms with van der Waals surface area (Å²) in [6.07, 6.45) is 1.55. The van der Waals surface area contributed by atoms with Gasteiger partial charge in [-0.25, -0.2) is 4.79 Å². The minimum Gasteiger partial charge on any atom is -0.478 e. The molecule has 0 saturated heterocycles. The second-order valence-electron chi connectivity index (χ2n) is 3.76. The fourth-order valence-corrected chi connectivity index (χ4v) is 1.78. The van der Waals surface area contributed by atoms with Crippen LogP contribution in [0.1, 0.15) is 22.8 Å². The Morgan fingerprint density at radius 1 is 1.47 bits per heavy atom. The van der Waals surface area contributed by atoms with Gasteiger partial charge in [-0.05, 0) is 18.6 Å². The number of H-pyrrole nitrogens is 1. The summed E-state index contributed by atoms with van der Waals surface area (Å²) >= 11 is 0. The van der Waals surface area contributed by atoms with Gasteiger partial charge >= 0.3 is 5.97 Å². The minimum atomic E-state index is -1.10. The van der Waals surface area contributed by atoms with Crippen LogP contribution in [-0.2, 0) is 4.79 Å². The number of rotatable bonds is 2. The highest BCUT2D eigenvalue weighted by molar-refractivity contribution is 6.10. The van der Waals surface area contributed by atoms with Crippen molar-refractivity contribution in [2.75, 3.05) is 5.32 Å². The van der Waals surface area contributed by atoms with E-state index in [0.29, 0.717) is 22.2 Å². The van der Waals surface area contributed by atoms with Gasteiger partial charge in [-0.2, -0.15) is 5.10 Å². The molecule has 0 atom stereocenters. The minimum absolute atomic E-state index is 0.0349. The van der Waals surface area contributed by atoms with Gasteiger partial charge in [0.15, 0.2) is 0 Å². The highest BCUT2D eigenvalue weighted by Crippen LogP contribution is 2.28. The van der Waals surface area contributed by atoms with Crippen molar-refractivity contribution in [1.82, 2.24) is 10.2 Å². The maximum Gasteiger partial charge on any atom is 0.340 e. The van der Waals surface area contributed by atoms with E-state index in [2.05, 4.69) is 15.5 Å². The Hall–Kier alpha value is -2.37. The number of aryl methyl sites for hydroxylation is 1. The van der Waals surface area contributed by atoms with Crippen molar-refractivity contribution >= 4 is 28.5 Å². The first-order valence-electron chi connectivity index (χ1n) is 4.98. The molecule has 0 aliphatic carbocycles. The number of anilines is 1. The Labute approximate surface area is 96.6 Å². The standard InChI is InChI=1S/C11H11N3O3/c1-5-3-7-4-12-14-10(7)8(11(16)17)9(5)13-6(2)15/h3-4H,1-2H3,(H,12,14)(H,13,15)(H,16,17). The smallest absolute Gasteiger partial charge is 0.340 e. The van der Waals surface area contributed by atoms with Gasteiger partial charge in [-0.15, -0.1) is 0 Å². The van der Waals surface area contributed by atoms with Crippen LogP contribution < -0.4 is 5.32 Å².